The number of nitrogens with one attached hydrogen (secondary N) is 1. The summed E-state index contributed by atoms with van der Waals surface area (Å²) in [7, 11) is 0. The highest BCUT2D eigenvalue weighted by atomic mass is 16.2. The van der Waals surface area contributed by atoms with Crippen LogP contribution in [-0.2, 0) is 17.9 Å². The van der Waals surface area contributed by atoms with Crippen LogP contribution in [-0.4, -0.2) is 47.9 Å². The standard InChI is InChI=1S/C18H25N3O/c22-18(13-20-11-15-3-1-2-4-16(15)12-20)19-9-14-7-8-21(10-14)17-5-6-17/h1-4,14,17H,5-13H2,(H,19,22)/t14-/m0/s1. The maximum atomic E-state index is 12.2. The fourth-order valence-corrected chi connectivity index (χ4v) is 3.83. The Hall–Kier alpha value is -1.39. The number of rotatable bonds is 5. The van der Waals surface area contributed by atoms with E-state index < -0.39 is 0 Å². The molecule has 1 amide bonds. The van der Waals surface area contributed by atoms with Gasteiger partial charge in [-0.3, -0.25) is 9.69 Å². The fraction of sp³-hybridized carbons (Fsp3) is 0.611. The molecule has 1 aliphatic carbocycles. The summed E-state index contributed by atoms with van der Waals surface area (Å²) in [6.45, 7) is 5.59. The number of amides is 1. The van der Waals surface area contributed by atoms with Gasteiger partial charge in [0.05, 0.1) is 6.54 Å². The highest BCUT2D eigenvalue weighted by molar-refractivity contribution is 5.78. The average Bonchev–Trinajstić information content (AvgIpc) is 3.11. The second-order valence-electron chi connectivity index (χ2n) is 7.10. The third-order valence-electron chi connectivity index (χ3n) is 5.24. The van der Waals surface area contributed by atoms with Crippen molar-refractivity contribution >= 4 is 5.91 Å². The average molecular weight is 299 g/mol. The SMILES string of the molecule is O=C(CN1Cc2ccccc2C1)NC[C@@H]1CCN(C2CC2)C1. The third kappa shape index (κ3) is 3.18. The smallest absolute Gasteiger partial charge is 0.234 e. The Kier molecular flexibility index (Phi) is 3.89. The molecule has 2 fully saturated rings. The minimum absolute atomic E-state index is 0.178. The lowest BCUT2D eigenvalue weighted by Crippen LogP contribution is -2.37. The lowest BCUT2D eigenvalue weighted by Gasteiger charge is -2.17. The van der Waals surface area contributed by atoms with E-state index in [1.54, 1.807) is 0 Å². The van der Waals surface area contributed by atoms with Crippen LogP contribution in [0.4, 0.5) is 0 Å². The second kappa shape index (κ2) is 6.01. The monoisotopic (exact) mass is 299 g/mol. The first-order valence-corrected chi connectivity index (χ1v) is 8.58. The van der Waals surface area contributed by atoms with E-state index >= 15 is 0 Å². The van der Waals surface area contributed by atoms with E-state index in [4.69, 9.17) is 0 Å². The number of nitrogens with zero attached hydrogens (tertiary/aromatic N) is 2. The van der Waals surface area contributed by atoms with Gasteiger partial charge in [-0.25, -0.2) is 0 Å². The Morgan fingerprint density at radius 2 is 1.86 bits per heavy atom. The van der Waals surface area contributed by atoms with Crippen LogP contribution in [0.1, 0.15) is 30.4 Å². The Labute approximate surface area is 132 Å². The largest absolute Gasteiger partial charge is 0.355 e. The van der Waals surface area contributed by atoms with E-state index in [1.165, 1.54) is 43.5 Å². The first-order chi connectivity index (χ1) is 10.8. The van der Waals surface area contributed by atoms with Gasteiger partial charge in [0, 0.05) is 32.2 Å². The van der Waals surface area contributed by atoms with Crippen LogP contribution in [0, 0.1) is 5.92 Å². The van der Waals surface area contributed by atoms with E-state index in [-0.39, 0.29) is 5.91 Å². The summed E-state index contributed by atoms with van der Waals surface area (Å²) >= 11 is 0. The zero-order valence-corrected chi connectivity index (χ0v) is 13.1. The summed E-state index contributed by atoms with van der Waals surface area (Å²) in [5, 5.41) is 3.15. The predicted molar refractivity (Wildman–Crippen MR) is 86.3 cm³/mol. The minimum Gasteiger partial charge on any atom is -0.355 e. The van der Waals surface area contributed by atoms with Crippen LogP contribution >= 0.6 is 0 Å². The van der Waals surface area contributed by atoms with E-state index in [9.17, 15) is 4.79 Å². The number of carbonyl (C=O) groups is 1. The third-order valence-corrected chi connectivity index (χ3v) is 5.24. The van der Waals surface area contributed by atoms with Crippen molar-refractivity contribution in [1.29, 1.82) is 0 Å². The molecular formula is C18H25N3O. The minimum atomic E-state index is 0.178. The van der Waals surface area contributed by atoms with Crippen molar-refractivity contribution in [2.24, 2.45) is 5.92 Å². The molecule has 0 unspecified atom stereocenters. The normalized spacial score (nSPS) is 25.4. The maximum Gasteiger partial charge on any atom is 0.234 e. The van der Waals surface area contributed by atoms with Crippen LogP contribution in [0.15, 0.2) is 24.3 Å². The summed E-state index contributed by atoms with van der Waals surface area (Å²) in [6, 6.07) is 9.35. The molecule has 3 aliphatic rings. The first-order valence-electron chi connectivity index (χ1n) is 8.58. The zero-order valence-electron chi connectivity index (χ0n) is 13.1. The molecule has 1 saturated heterocycles. The number of hydrogen-bond donors (Lipinski definition) is 1. The van der Waals surface area contributed by atoms with Crippen LogP contribution < -0.4 is 5.32 Å². The molecule has 0 aromatic heterocycles. The summed E-state index contributed by atoms with van der Waals surface area (Å²) in [5.74, 6) is 0.831. The summed E-state index contributed by atoms with van der Waals surface area (Å²) in [5.41, 5.74) is 2.73. The fourth-order valence-electron chi connectivity index (χ4n) is 3.83. The molecule has 4 rings (SSSR count). The van der Waals surface area contributed by atoms with Crippen LogP contribution in [0.25, 0.3) is 0 Å². The van der Waals surface area contributed by atoms with Gasteiger partial charge in [-0.2, -0.15) is 0 Å². The molecule has 0 bridgehead atoms. The van der Waals surface area contributed by atoms with E-state index in [0.717, 1.165) is 25.7 Å². The Balaban J connectivity index is 1.19. The Bertz CT molecular complexity index is 530. The second-order valence-corrected chi connectivity index (χ2v) is 7.10. The quantitative estimate of drug-likeness (QED) is 0.897. The summed E-state index contributed by atoms with van der Waals surface area (Å²) in [6.07, 6.45) is 4.01. The lowest BCUT2D eigenvalue weighted by atomic mass is 10.1. The number of hydrogen-bond acceptors (Lipinski definition) is 3. The number of likely N-dealkylation sites (tertiary alicyclic amines) is 1. The molecular weight excluding hydrogens is 274 g/mol. The number of fused-ring (bicyclic) bond motifs is 1. The van der Waals surface area contributed by atoms with Crippen molar-refractivity contribution in [3.63, 3.8) is 0 Å². The van der Waals surface area contributed by atoms with Crippen molar-refractivity contribution in [3.8, 4) is 0 Å². The van der Waals surface area contributed by atoms with Gasteiger partial charge in [0.25, 0.3) is 0 Å². The van der Waals surface area contributed by atoms with Gasteiger partial charge in [-0.1, -0.05) is 24.3 Å². The molecule has 1 atom stereocenters. The van der Waals surface area contributed by atoms with E-state index in [0.29, 0.717) is 12.5 Å². The van der Waals surface area contributed by atoms with Crippen molar-refractivity contribution in [3.05, 3.63) is 35.4 Å². The predicted octanol–water partition coefficient (Wildman–Crippen LogP) is 1.60. The van der Waals surface area contributed by atoms with Gasteiger partial charge >= 0.3 is 0 Å². The van der Waals surface area contributed by atoms with E-state index in [2.05, 4.69) is 39.4 Å². The molecule has 4 heteroatoms. The van der Waals surface area contributed by atoms with Crippen molar-refractivity contribution in [2.45, 2.75) is 38.4 Å². The molecule has 2 heterocycles. The molecule has 4 nitrogen and oxygen atoms in total. The molecule has 2 aliphatic heterocycles. The van der Waals surface area contributed by atoms with Gasteiger partial charge in [0.2, 0.25) is 5.91 Å². The van der Waals surface area contributed by atoms with Gasteiger partial charge in [0.1, 0.15) is 0 Å². The van der Waals surface area contributed by atoms with Crippen LogP contribution in [0.3, 0.4) is 0 Å². The molecule has 1 aromatic rings. The zero-order chi connectivity index (χ0) is 14.9. The topological polar surface area (TPSA) is 35.6 Å². The molecule has 118 valence electrons. The lowest BCUT2D eigenvalue weighted by molar-refractivity contribution is -0.122. The van der Waals surface area contributed by atoms with Crippen LogP contribution in [0.2, 0.25) is 0 Å². The van der Waals surface area contributed by atoms with Crippen molar-refractivity contribution in [2.75, 3.05) is 26.2 Å². The number of benzene rings is 1. The molecule has 0 spiro atoms. The van der Waals surface area contributed by atoms with Crippen molar-refractivity contribution in [1.82, 2.24) is 15.1 Å². The van der Waals surface area contributed by atoms with Crippen LogP contribution in [0.5, 0.6) is 0 Å². The van der Waals surface area contributed by atoms with Gasteiger partial charge in [-0.15, -0.1) is 0 Å². The molecule has 1 N–H and O–H groups in total. The highest BCUT2D eigenvalue weighted by Crippen LogP contribution is 2.31. The summed E-state index contributed by atoms with van der Waals surface area (Å²) in [4.78, 5) is 17.0. The van der Waals surface area contributed by atoms with Gasteiger partial charge in [-0.05, 0) is 42.9 Å². The maximum absolute atomic E-state index is 12.2. The summed E-state index contributed by atoms with van der Waals surface area (Å²) < 4.78 is 0. The highest BCUT2D eigenvalue weighted by Gasteiger charge is 2.34. The number of carbonyl (C=O) groups excluding carboxylic acids is 1. The Morgan fingerprint density at radius 1 is 1.14 bits per heavy atom. The molecule has 1 aromatic carbocycles. The van der Waals surface area contributed by atoms with Gasteiger partial charge in [0.15, 0.2) is 0 Å². The van der Waals surface area contributed by atoms with E-state index in [1.807, 2.05) is 0 Å². The molecule has 0 radical (unpaired) electrons. The Morgan fingerprint density at radius 3 is 2.55 bits per heavy atom. The van der Waals surface area contributed by atoms with Crippen molar-refractivity contribution < 1.29 is 4.79 Å². The molecule has 1 saturated carbocycles. The first kappa shape index (κ1) is 14.2. The van der Waals surface area contributed by atoms with Gasteiger partial charge < -0.3 is 10.2 Å². The molecule has 22 heavy (non-hydrogen) atoms.